The van der Waals surface area contributed by atoms with Gasteiger partial charge in [-0.2, -0.15) is 0 Å². The van der Waals surface area contributed by atoms with Crippen molar-refractivity contribution in [3.63, 3.8) is 0 Å². The first-order valence-electron chi connectivity index (χ1n) is 18.6. The molecule has 6 aromatic heterocycles. The van der Waals surface area contributed by atoms with Gasteiger partial charge in [0.2, 0.25) is 0 Å². The molecule has 0 fully saturated rings. The Bertz CT molecular complexity index is 2990. The molecule has 0 atom stereocenters. The molecule has 6 heterocycles. The second-order valence-electron chi connectivity index (χ2n) is 13.8. The molecule has 262 valence electrons. The van der Waals surface area contributed by atoms with E-state index in [1.165, 1.54) is 21.5 Å². The molecule has 0 amide bonds. The molecule has 11 rings (SSSR count). The van der Waals surface area contributed by atoms with E-state index in [2.05, 4.69) is 135 Å². The maximum atomic E-state index is 5.29. The monoisotopic (exact) mass is 717 g/mol. The summed E-state index contributed by atoms with van der Waals surface area (Å²) in [5.41, 5.74) is 10.7. The van der Waals surface area contributed by atoms with Gasteiger partial charge in [0.25, 0.3) is 0 Å². The third kappa shape index (κ3) is 5.25. The van der Waals surface area contributed by atoms with Gasteiger partial charge in [0.15, 0.2) is 0 Å². The van der Waals surface area contributed by atoms with Crippen LogP contribution in [-0.4, -0.2) is 34.1 Å². The van der Waals surface area contributed by atoms with Crippen LogP contribution in [0.2, 0.25) is 0 Å². The van der Waals surface area contributed by atoms with Gasteiger partial charge in [0, 0.05) is 32.7 Å². The molecule has 0 aliphatic heterocycles. The average Bonchev–Trinajstić information content (AvgIpc) is 3.80. The Labute approximate surface area is 321 Å². The summed E-state index contributed by atoms with van der Waals surface area (Å²) in [5, 5.41) is 4.74. The fraction of sp³-hybridized carbons (Fsp3) is 0. The lowest BCUT2D eigenvalue weighted by Gasteiger charge is -2.13. The Morgan fingerprint density at radius 1 is 0.286 bits per heavy atom. The minimum absolute atomic E-state index is 0.705. The molecule has 0 saturated carbocycles. The molecule has 0 N–H and O–H groups in total. The fourth-order valence-corrected chi connectivity index (χ4v) is 7.91. The molecule has 0 spiro atoms. The summed E-state index contributed by atoms with van der Waals surface area (Å²) < 4.78 is 4.45. The zero-order valence-electron chi connectivity index (χ0n) is 30.0. The van der Waals surface area contributed by atoms with Crippen LogP contribution in [0.4, 0.5) is 0 Å². The van der Waals surface area contributed by atoms with Crippen LogP contribution in [0.1, 0.15) is 0 Å². The second kappa shape index (κ2) is 13.0. The van der Waals surface area contributed by atoms with E-state index in [0.717, 1.165) is 67.6 Å². The summed E-state index contributed by atoms with van der Waals surface area (Å²) >= 11 is 0. The lowest BCUT2D eigenvalue weighted by atomic mass is 10.1. The molecular weight excluding hydrogens is 687 g/mol. The summed E-state index contributed by atoms with van der Waals surface area (Å²) in [4.78, 5) is 25.6. The molecule has 0 radical (unpaired) electrons. The largest absolute Gasteiger partial charge is 0.294 e. The number of pyridine rings is 3. The van der Waals surface area contributed by atoms with Crippen molar-refractivity contribution in [1.29, 1.82) is 0 Å². The minimum atomic E-state index is 0.705. The summed E-state index contributed by atoms with van der Waals surface area (Å²) in [6, 6.07) is 60.3. The van der Waals surface area contributed by atoms with E-state index < -0.39 is 0 Å². The molecular formula is C49H31N7. The van der Waals surface area contributed by atoms with E-state index in [-0.39, 0.29) is 0 Å². The van der Waals surface area contributed by atoms with E-state index in [9.17, 15) is 0 Å². The molecule has 0 aliphatic carbocycles. The van der Waals surface area contributed by atoms with Crippen LogP contribution < -0.4 is 0 Å². The molecule has 5 aromatic carbocycles. The predicted octanol–water partition coefficient (Wildman–Crippen LogP) is 11.5. The highest BCUT2D eigenvalue weighted by Crippen LogP contribution is 2.35. The minimum Gasteiger partial charge on any atom is -0.294 e. The maximum Gasteiger partial charge on any atom is 0.138 e. The van der Waals surface area contributed by atoms with Crippen molar-refractivity contribution >= 4 is 43.6 Å². The summed E-state index contributed by atoms with van der Waals surface area (Å²) in [6.07, 6.45) is 3.61. The second-order valence-corrected chi connectivity index (χ2v) is 13.8. The van der Waals surface area contributed by atoms with Crippen LogP contribution in [-0.2, 0) is 0 Å². The predicted molar refractivity (Wildman–Crippen MR) is 226 cm³/mol. The van der Waals surface area contributed by atoms with E-state index in [0.29, 0.717) is 11.4 Å². The van der Waals surface area contributed by atoms with Crippen molar-refractivity contribution in [1.82, 2.24) is 34.1 Å². The number of aromatic nitrogens is 7. The van der Waals surface area contributed by atoms with Crippen LogP contribution in [0, 0.1) is 0 Å². The molecule has 11 aromatic rings. The van der Waals surface area contributed by atoms with Crippen molar-refractivity contribution < 1.29 is 0 Å². The quantitative estimate of drug-likeness (QED) is 0.171. The van der Waals surface area contributed by atoms with Crippen molar-refractivity contribution in [3.05, 3.63) is 188 Å². The highest BCUT2D eigenvalue weighted by Gasteiger charge is 2.18. The Hall–Kier alpha value is -7.77. The van der Waals surface area contributed by atoms with Crippen LogP contribution in [0.25, 0.3) is 101 Å². The van der Waals surface area contributed by atoms with Crippen LogP contribution >= 0.6 is 0 Å². The molecule has 0 aliphatic rings. The zero-order valence-corrected chi connectivity index (χ0v) is 30.0. The van der Waals surface area contributed by atoms with Gasteiger partial charge in [-0.25, -0.2) is 19.9 Å². The summed E-state index contributed by atoms with van der Waals surface area (Å²) in [5.74, 6) is 1.62. The SMILES string of the molecule is c1ccc(-c2cncc(-c3cc(-c4cccc(-n5c6ccccc6c6ccccc65)n4)nc(-c4cccc(-n5c6ccccc6c6ccccc65)n4)c3)n2)cc1. The van der Waals surface area contributed by atoms with Crippen molar-refractivity contribution in [2.24, 2.45) is 0 Å². The number of nitrogens with zero attached hydrogens (tertiary/aromatic N) is 7. The van der Waals surface area contributed by atoms with Crippen LogP contribution in [0.15, 0.2) is 188 Å². The topological polar surface area (TPSA) is 74.3 Å². The van der Waals surface area contributed by atoms with Gasteiger partial charge in [0.05, 0.1) is 68.6 Å². The van der Waals surface area contributed by atoms with Gasteiger partial charge < -0.3 is 0 Å². The lowest BCUT2D eigenvalue weighted by Crippen LogP contribution is -2.01. The van der Waals surface area contributed by atoms with Gasteiger partial charge in [-0.15, -0.1) is 0 Å². The van der Waals surface area contributed by atoms with E-state index >= 15 is 0 Å². The Morgan fingerprint density at radius 2 is 0.679 bits per heavy atom. The van der Waals surface area contributed by atoms with Gasteiger partial charge in [-0.3, -0.25) is 14.1 Å². The van der Waals surface area contributed by atoms with Gasteiger partial charge in [0.1, 0.15) is 11.6 Å². The number of para-hydroxylation sites is 4. The maximum absolute atomic E-state index is 5.29. The average molecular weight is 718 g/mol. The third-order valence-corrected chi connectivity index (χ3v) is 10.4. The molecule has 0 saturated heterocycles. The molecule has 7 heteroatoms. The summed E-state index contributed by atoms with van der Waals surface area (Å²) in [7, 11) is 0. The Morgan fingerprint density at radius 3 is 1.14 bits per heavy atom. The number of hydrogen-bond donors (Lipinski definition) is 0. The summed E-state index contributed by atoms with van der Waals surface area (Å²) in [6.45, 7) is 0. The Balaban J connectivity index is 1.10. The normalized spacial score (nSPS) is 11.6. The van der Waals surface area contributed by atoms with Crippen molar-refractivity contribution in [2.75, 3.05) is 0 Å². The highest BCUT2D eigenvalue weighted by atomic mass is 15.1. The molecule has 0 bridgehead atoms. The number of hydrogen-bond acceptors (Lipinski definition) is 5. The smallest absolute Gasteiger partial charge is 0.138 e. The van der Waals surface area contributed by atoms with Crippen LogP contribution in [0.3, 0.4) is 0 Å². The third-order valence-electron chi connectivity index (χ3n) is 10.4. The zero-order chi connectivity index (χ0) is 37.0. The first kappa shape index (κ1) is 31.7. The number of rotatable bonds is 6. The Kier molecular flexibility index (Phi) is 7.35. The first-order valence-corrected chi connectivity index (χ1v) is 18.6. The van der Waals surface area contributed by atoms with Gasteiger partial charge in [-0.1, -0.05) is 115 Å². The highest BCUT2D eigenvalue weighted by molar-refractivity contribution is 6.10. The van der Waals surface area contributed by atoms with Crippen molar-refractivity contribution in [3.8, 4) is 56.9 Å². The van der Waals surface area contributed by atoms with Gasteiger partial charge >= 0.3 is 0 Å². The van der Waals surface area contributed by atoms with Crippen LogP contribution in [0.5, 0.6) is 0 Å². The lowest BCUT2D eigenvalue weighted by molar-refractivity contribution is 1.07. The number of fused-ring (bicyclic) bond motifs is 6. The van der Waals surface area contributed by atoms with Gasteiger partial charge in [-0.05, 0) is 60.7 Å². The van der Waals surface area contributed by atoms with E-state index in [1.54, 1.807) is 12.4 Å². The first-order chi connectivity index (χ1) is 27.8. The standard InChI is InChI=1S/C49H31N7/c1-2-14-32(15-3-1)42-30-50-31-43(52-42)33-28-40(38-20-12-26-48(53-38)55-44-22-8-4-16-34(44)35-17-5-9-23-45(35)55)51-41(29-33)39-21-13-27-49(54-39)56-46-24-10-6-18-36(46)37-19-7-11-25-47(37)56/h1-31H. The van der Waals surface area contributed by atoms with E-state index in [1.807, 2.05) is 54.6 Å². The molecule has 7 nitrogen and oxygen atoms in total. The number of benzene rings is 5. The fourth-order valence-electron chi connectivity index (χ4n) is 7.91. The molecule has 56 heavy (non-hydrogen) atoms. The molecule has 0 unspecified atom stereocenters. The van der Waals surface area contributed by atoms with Crippen molar-refractivity contribution in [2.45, 2.75) is 0 Å². The van der Waals surface area contributed by atoms with E-state index in [4.69, 9.17) is 19.9 Å².